The Morgan fingerprint density at radius 1 is 0.556 bits per heavy atom. The smallest absolute Gasteiger partial charge is 0.224 e. The predicted molar refractivity (Wildman–Crippen MR) is 151 cm³/mol. The summed E-state index contributed by atoms with van der Waals surface area (Å²) >= 11 is 0. The number of hydrogen-bond acceptors (Lipinski definition) is 3. The summed E-state index contributed by atoms with van der Waals surface area (Å²) in [5.74, 6) is -0.0721. The molecule has 0 saturated heterocycles. The lowest BCUT2D eigenvalue weighted by Crippen LogP contribution is -2.16. The summed E-state index contributed by atoms with van der Waals surface area (Å²) in [5.41, 5.74) is 2.66. The maximum atomic E-state index is 12.5. The van der Waals surface area contributed by atoms with Gasteiger partial charge in [0.2, 0.25) is 17.2 Å². The predicted octanol–water partition coefficient (Wildman–Crippen LogP) is 8.09. The minimum absolute atomic E-state index is 0.0400. The summed E-state index contributed by atoms with van der Waals surface area (Å²) < 4.78 is 0. The lowest BCUT2D eigenvalue weighted by molar-refractivity contribution is -0.117. The van der Waals surface area contributed by atoms with E-state index in [9.17, 15) is 14.4 Å². The van der Waals surface area contributed by atoms with Crippen LogP contribution in [0.3, 0.4) is 0 Å². The lowest BCUT2D eigenvalue weighted by Gasteiger charge is -2.06. The van der Waals surface area contributed by atoms with Crippen molar-refractivity contribution in [3.63, 3.8) is 0 Å². The number of unbranched alkanes of at least 4 members (excludes halogenated alkanes) is 10. The van der Waals surface area contributed by atoms with E-state index >= 15 is 0 Å². The molecule has 0 aromatic heterocycles. The van der Waals surface area contributed by atoms with Crippen LogP contribution in [0.4, 0.5) is 11.4 Å². The van der Waals surface area contributed by atoms with Crippen LogP contribution in [-0.4, -0.2) is 11.8 Å². The van der Waals surface area contributed by atoms with Crippen LogP contribution >= 0.6 is 0 Å². The van der Waals surface area contributed by atoms with Crippen molar-refractivity contribution in [1.29, 1.82) is 0 Å². The highest BCUT2D eigenvalue weighted by molar-refractivity contribution is 5.91. The van der Waals surface area contributed by atoms with E-state index in [1.807, 2.05) is 30.3 Å². The molecule has 196 valence electrons. The van der Waals surface area contributed by atoms with Crippen molar-refractivity contribution in [1.82, 2.24) is 0 Å². The zero-order valence-electron chi connectivity index (χ0n) is 22.2. The van der Waals surface area contributed by atoms with Crippen molar-refractivity contribution in [2.24, 2.45) is 0 Å². The van der Waals surface area contributed by atoms with E-state index in [2.05, 4.69) is 24.5 Å². The summed E-state index contributed by atoms with van der Waals surface area (Å²) in [6, 6.07) is 14.4. The van der Waals surface area contributed by atoms with Crippen LogP contribution in [0.5, 0.6) is 0 Å². The minimum Gasteiger partial charge on any atom is -0.326 e. The van der Waals surface area contributed by atoms with Crippen LogP contribution in [0.1, 0.15) is 104 Å². The number of rotatable bonds is 17. The highest BCUT2D eigenvalue weighted by Gasteiger charge is 2.07. The standard InChI is InChI=1S/C31H44N2O3/c1-3-5-7-9-10-12-14-16-31(36)33-28-23-19-26(20-24-29(28)34)25-17-21-27(22-18-25)32-30(35)15-13-11-8-6-4-2/h17-24H,3-16H2,1-2H3,(H,32,35)(H,33,34,36). The SMILES string of the molecule is CCCCCCCCCC(=O)Nc1ccc(-c2ccc(NC(=O)CCCCCCC)cc2)ccc1=O. The number of anilines is 2. The van der Waals surface area contributed by atoms with Gasteiger partial charge in [0.15, 0.2) is 0 Å². The van der Waals surface area contributed by atoms with Crippen LogP contribution in [0.2, 0.25) is 0 Å². The molecule has 0 aliphatic carbocycles. The van der Waals surface area contributed by atoms with E-state index in [4.69, 9.17) is 0 Å². The summed E-state index contributed by atoms with van der Waals surface area (Å²) in [6.07, 6.45) is 14.6. The van der Waals surface area contributed by atoms with Gasteiger partial charge in [-0.25, -0.2) is 0 Å². The van der Waals surface area contributed by atoms with E-state index < -0.39 is 0 Å². The zero-order valence-corrected chi connectivity index (χ0v) is 22.2. The highest BCUT2D eigenvalue weighted by Crippen LogP contribution is 2.21. The third kappa shape index (κ3) is 11.7. The molecule has 5 heteroatoms. The first-order valence-electron chi connectivity index (χ1n) is 13.9. The summed E-state index contributed by atoms with van der Waals surface area (Å²) in [4.78, 5) is 36.9. The van der Waals surface area contributed by atoms with Gasteiger partial charge in [-0.3, -0.25) is 14.4 Å². The van der Waals surface area contributed by atoms with Crippen molar-refractivity contribution in [3.8, 4) is 11.1 Å². The first-order chi connectivity index (χ1) is 17.5. The van der Waals surface area contributed by atoms with Gasteiger partial charge in [0.05, 0.1) is 5.69 Å². The number of amides is 2. The van der Waals surface area contributed by atoms with E-state index in [1.54, 1.807) is 12.1 Å². The maximum absolute atomic E-state index is 12.5. The van der Waals surface area contributed by atoms with E-state index in [0.29, 0.717) is 18.5 Å². The second kappa shape index (κ2) is 17.5. The van der Waals surface area contributed by atoms with Crippen molar-refractivity contribution >= 4 is 23.2 Å². The monoisotopic (exact) mass is 492 g/mol. The van der Waals surface area contributed by atoms with Crippen LogP contribution in [0.25, 0.3) is 11.1 Å². The van der Waals surface area contributed by atoms with Gasteiger partial charge < -0.3 is 10.6 Å². The number of benzene rings is 1. The van der Waals surface area contributed by atoms with Crippen molar-refractivity contribution in [2.75, 3.05) is 10.6 Å². The first-order valence-corrected chi connectivity index (χ1v) is 13.9. The van der Waals surface area contributed by atoms with E-state index in [0.717, 1.165) is 48.9 Å². The Bertz CT molecular complexity index is 986. The van der Waals surface area contributed by atoms with Crippen LogP contribution < -0.4 is 16.1 Å². The maximum Gasteiger partial charge on any atom is 0.224 e. The largest absolute Gasteiger partial charge is 0.326 e. The minimum atomic E-state index is -0.211. The van der Waals surface area contributed by atoms with Gasteiger partial charge >= 0.3 is 0 Å². The topological polar surface area (TPSA) is 75.3 Å². The van der Waals surface area contributed by atoms with Crippen LogP contribution in [0, 0.1) is 0 Å². The molecule has 0 saturated carbocycles. The van der Waals surface area contributed by atoms with Gasteiger partial charge in [0.1, 0.15) is 0 Å². The Labute approximate surface area is 217 Å². The Morgan fingerprint density at radius 3 is 1.56 bits per heavy atom. The van der Waals surface area contributed by atoms with Crippen molar-refractivity contribution in [3.05, 3.63) is 58.8 Å². The van der Waals surface area contributed by atoms with E-state index in [-0.39, 0.29) is 17.2 Å². The molecular formula is C31H44N2O3. The molecule has 0 spiro atoms. The Kier molecular flexibility index (Phi) is 14.2. The van der Waals surface area contributed by atoms with Crippen LogP contribution in [-0.2, 0) is 9.59 Å². The molecule has 2 amide bonds. The van der Waals surface area contributed by atoms with Crippen LogP contribution in [0.15, 0.2) is 53.3 Å². The quantitative estimate of drug-likeness (QED) is 0.219. The average Bonchev–Trinajstić information content (AvgIpc) is 3.05. The van der Waals surface area contributed by atoms with Gasteiger partial charge in [0, 0.05) is 18.5 Å². The average molecular weight is 493 g/mol. The number of nitrogens with one attached hydrogen (secondary N) is 2. The molecule has 0 fully saturated rings. The van der Waals surface area contributed by atoms with Crippen molar-refractivity contribution in [2.45, 2.75) is 104 Å². The zero-order chi connectivity index (χ0) is 26.0. The molecule has 0 unspecified atom stereocenters. The normalized spacial score (nSPS) is 10.7. The summed E-state index contributed by atoms with van der Waals surface area (Å²) in [7, 11) is 0. The van der Waals surface area contributed by atoms with E-state index in [1.165, 1.54) is 51.0 Å². The lowest BCUT2D eigenvalue weighted by atomic mass is 10.1. The molecule has 2 aromatic rings. The molecular weight excluding hydrogens is 448 g/mol. The summed E-state index contributed by atoms with van der Waals surface area (Å²) in [6.45, 7) is 4.39. The Hall–Kier alpha value is -2.95. The third-order valence-electron chi connectivity index (χ3n) is 6.40. The highest BCUT2D eigenvalue weighted by atomic mass is 16.2. The van der Waals surface area contributed by atoms with Gasteiger partial charge in [-0.1, -0.05) is 102 Å². The molecule has 36 heavy (non-hydrogen) atoms. The fraction of sp³-hybridized carbons (Fsp3) is 0.516. The summed E-state index contributed by atoms with van der Waals surface area (Å²) in [5, 5.41) is 5.73. The molecule has 0 bridgehead atoms. The number of carbonyl (C=O) groups excluding carboxylic acids is 2. The molecule has 0 aliphatic heterocycles. The molecule has 0 radical (unpaired) electrons. The molecule has 2 rings (SSSR count). The van der Waals surface area contributed by atoms with Crippen molar-refractivity contribution < 1.29 is 9.59 Å². The molecule has 2 aromatic carbocycles. The Morgan fingerprint density at radius 2 is 1.00 bits per heavy atom. The van der Waals surface area contributed by atoms with Gasteiger partial charge in [-0.2, -0.15) is 0 Å². The molecule has 0 atom stereocenters. The molecule has 0 heterocycles. The molecule has 0 aliphatic rings. The first kappa shape index (κ1) is 29.3. The fourth-order valence-corrected chi connectivity index (χ4v) is 4.18. The van der Waals surface area contributed by atoms with Gasteiger partial charge in [-0.15, -0.1) is 0 Å². The second-order valence-electron chi connectivity index (χ2n) is 9.61. The number of hydrogen-bond donors (Lipinski definition) is 2. The number of carbonyl (C=O) groups is 2. The van der Waals surface area contributed by atoms with Gasteiger partial charge in [0.25, 0.3) is 0 Å². The fourth-order valence-electron chi connectivity index (χ4n) is 4.18. The van der Waals surface area contributed by atoms with Gasteiger partial charge in [-0.05, 0) is 48.2 Å². The second-order valence-corrected chi connectivity index (χ2v) is 9.61. The Balaban J connectivity index is 1.85. The molecule has 2 N–H and O–H groups in total. The third-order valence-corrected chi connectivity index (χ3v) is 6.40. The molecule has 5 nitrogen and oxygen atoms in total.